The number of piperazine rings is 1. The van der Waals surface area contributed by atoms with Gasteiger partial charge in [-0.15, -0.1) is 0 Å². The topological polar surface area (TPSA) is 97.0 Å². The Bertz CT molecular complexity index is 1210. The molecule has 2 N–H and O–H groups in total. The SMILES string of the molecule is CC(C)(C)Cc1c([SH+]C(C)(C)C)[nH]c2c(N3CCN(C(=O)CN4C(=O)C=CC4=O)CC3)c(O)ccc12. The minimum atomic E-state index is -0.452. The molecule has 0 atom stereocenters. The van der Waals surface area contributed by atoms with Crippen molar-refractivity contribution in [2.45, 2.75) is 57.7 Å². The molecular weight excluding hydrogens is 476 g/mol. The van der Waals surface area contributed by atoms with Crippen molar-refractivity contribution in [3.8, 4) is 5.75 Å². The number of nitrogens with one attached hydrogen (secondary N) is 1. The summed E-state index contributed by atoms with van der Waals surface area (Å²) in [6.45, 7) is 15.1. The Morgan fingerprint density at radius 1 is 1.00 bits per heavy atom. The van der Waals surface area contributed by atoms with E-state index in [0.29, 0.717) is 26.2 Å². The first kappa shape index (κ1) is 26.1. The number of aromatic hydroxyl groups is 1. The van der Waals surface area contributed by atoms with Crippen molar-refractivity contribution in [2.24, 2.45) is 5.41 Å². The number of phenols is 1. The minimum Gasteiger partial charge on any atom is -0.506 e. The number of carbonyl (C=O) groups is 3. The van der Waals surface area contributed by atoms with Crippen LogP contribution in [-0.4, -0.2) is 75.1 Å². The van der Waals surface area contributed by atoms with E-state index in [9.17, 15) is 19.5 Å². The molecule has 194 valence electrons. The predicted octanol–water partition coefficient (Wildman–Crippen LogP) is 3.01. The van der Waals surface area contributed by atoms with Gasteiger partial charge in [0.2, 0.25) is 10.9 Å². The molecule has 0 spiro atoms. The summed E-state index contributed by atoms with van der Waals surface area (Å²) in [6, 6.07) is 3.77. The fourth-order valence-corrected chi connectivity index (χ4v) is 5.91. The van der Waals surface area contributed by atoms with Gasteiger partial charge in [-0.2, -0.15) is 0 Å². The first-order valence-electron chi connectivity index (χ1n) is 12.4. The van der Waals surface area contributed by atoms with E-state index in [1.54, 1.807) is 11.0 Å². The smallest absolute Gasteiger partial charge is 0.254 e. The van der Waals surface area contributed by atoms with Gasteiger partial charge in [0, 0.05) is 61.0 Å². The number of imide groups is 1. The fourth-order valence-electron chi connectivity index (χ4n) is 4.74. The Balaban J connectivity index is 1.58. The van der Waals surface area contributed by atoms with Crippen LogP contribution in [0.4, 0.5) is 5.69 Å². The van der Waals surface area contributed by atoms with Crippen LogP contribution in [-0.2, 0) is 32.6 Å². The van der Waals surface area contributed by atoms with Gasteiger partial charge >= 0.3 is 0 Å². The van der Waals surface area contributed by atoms with E-state index in [4.69, 9.17) is 0 Å². The highest BCUT2D eigenvalue weighted by atomic mass is 32.2. The van der Waals surface area contributed by atoms with Crippen LogP contribution in [0, 0.1) is 5.41 Å². The molecule has 0 radical (unpaired) electrons. The Morgan fingerprint density at radius 3 is 2.17 bits per heavy atom. The number of nitrogens with zero attached hydrogens (tertiary/aromatic N) is 3. The van der Waals surface area contributed by atoms with Crippen molar-refractivity contribution in [2.75, 3.05) is 37.6 Å². The van der Waals surface area contributed by atoms with Crippen LogP contribution in [0.1, 0.15) is 47.1 Å². The number of anilines is 1. The third kappa shape index (κ3) is 5.56. The molecule has 36 heavy (non-hydrogen) atoms. The second-order valence-electron chi connectivity index (χ2n) is 11.8. The summed E-state index contributed by atoms with van der Waals surface area (Å²) >= 11 is 1.20. The summed E-state index contributed by atoms with van der Waals surface area (Å²) in [4.78, 5) is 44.8. The molecule has 0 saturated carbocycles. The quantitative estimate of drug-likeness (QED) is 0.364. The molecule has 0 unspecified atom stereocenters. The van der Waals surface area contributed by atoms with Gasteiger partial charge in [-0.25, -0.2) is 0 Å². The van der Waals surface area contributed by atoms with E-state index in [1.165, 1.54) is 34.5 Å². The number of H-pyrrole nitrogens is 1. The number of carbonyl (C=O) groups excluding carboxylic acids is 3. The van der Waals surface area contributed by atoms with Crippen LogP contribution in [0.15, 0.2) is 29.3 Å². The van der Waals surface area contributed by atoms with Crippen molar-refractivity contribution >= 4 is 46.1 Å². The maximum atomic E-state index is 12.8. The largest absolute Gasteiger partial charge is 0.506 e. The number of benzene rings is 1. The number of amides is 3. The summed E-state index contributed by atoms with van der Waals surface area (Å²) in [5.41, 5.74) is 3.09. The average molecular weight is 514 g/mol. The minimum absolute atomic E-state index is 0.0787. The van der Waals surface area contributed by atoms with Gasteiger partial charge in [0.25, 0.3) is 11.8 Å². The molecule has 3 heterocycles. The molecule has 4 rings (SSSR count). The number of hydrogen-bond acceptors (Lipinski definition) is 5. The van der Waals surface area contributed by atoms with Gasteiger partial charge in [-0.1, -0.05) is 20.8 Å². The predicted molar refractivity (Wildman–Crippen MR) is 145 cm³/mol. The fraction of sp³-hybridized carbons (Fsp3) is 0.519. The number of fused-ring (bicyclic) bond motifs is 1. The lowest BCUT2D eigenvalue weighted by Gasteiger charge is -2.37. The molecule has 1 fully saturated rings. The zero-order chi connectivity index (χ0) is 26.4. The van der Waals surface area contributed by atoms with Gasteiger partial charge in [-0.05, 0) is 44.7 Å². The van der Waals surface area contributed by atoms with Gasteiger partial charge in [0.1, 0.15) is 22.7 Å². The highest BCUT2D eigenvalue weighted by molar-refractivity contribution is 7.80. The lowest BCUT2D eigenvalue weighted by Crippen LogP contribution is -2.52. The van der Waals surface area contributed by atoms with E-state index in [1.807, 2.05) is 6.07 Å². The Morgan fingerprint density at radius 2 is 1.61 bits per heavy atom. The molecule has 9 heteroatoms. The third-order valence-electron chi connectivity index (χ3n) is 6.31. The maximum Gasteiger partial charge on any atom is 0.254 e. The van der Waals surface area contributed by atoms with Crippen LogP contribution in [0.5, 0.6) is 5.75 Å². The van der Waals surface area contributed by atoms with E-state index in [2.05, 4.69) is 51.4 Å². The Kier molecular flexibility index (Phi) is 6.90. The zero-order valence-electron chi connectivity index (χ0n) is 22.0. The van der Waals surface area contributed by atoms with Crippen LogP contribution in [0.2, 0.25) is 0 Å². The van der Waals surface area contributed by atoms with Gasteiger partial charge in [-0.3, -0.25) is 19.3 Å². The zero-order valence-corrected chi connectivity index (χ0v) is 22.9. The third-order valence-corrected chi connectivity index (χ3v) is 7.58. The number of aromatic nitrogens is 1. The molecule has 3 amide bonds. The van der Waals surface area contributed by atoms with Crippen molar-refractivity contribution in [3.05, 3.63) is 29.8 Å². The van der Waals surface area contributed by atoms with Crippen LogP contribution < -0.4 is 4.90 Å². The first-order chi connectivity index (χ1) is 16.7. The Labute approximate surface area is 216 Å². The monoisotopic (exact) mass is 513 g/mol. The highest BCUT2D eigenvalue weighted by Gasteiger charge is 2.33. The maximum absolute atomic E-state index is 12.8. The van der Waals surface area contributed by atoms with Gasteiger partial charge in [0.15, 0.2) is 0 Å². The molecule has 0 aliphatic carbocycles. The number of aromatic amines is 1. The lowest BCUT2D eigenvalue weighted by atomic mass is 9.88. The number of thiol groups is 1. The molecule has 2 aliphatic heterocycles. The highest BCUT2D eigenvalue weighted by Crippen LogP contribution is 2.41. The van der Waals surface area contributed by atoms with Gasteiger partial charge in [0.05, 0.1) is 5.52 Å². The normalized spacial score (nSPS) is 17.1. The summed E-state index contributed by atoms with van der Waals surface area (Å²) in [5.74, 6) is -0.941. The number of rotatable bonds is 5. The van der Waals surface area contributed by atoms with Crippen molar-refractivity contribution in [3.63, 3.8) is 0 Å². The summed E-state index contributed by atoms with van der Waals surface area (Å²) in [7, 11) is 0. The second-order valence-corrected chi connectivity index (χ2v) is 13.8. The molecule has 1 saturated heterocycles. The van der Waals surface area contributed by atoms with Gasteiger partial charge < -0.3 is 19.9 Å². The Hall–Kier alpha value is -2.94. The van der Waals surface area contributed by atoms with E-state index in [-0.39, 0.29) is 28.4 Å². The molecule has 1 aromatic carbocycles. The molecule has 0 bridgehead atoms. The summed E-state index contributed by atoms with van der Waals surface area (Å²) in [6.07, 6.45) is 3.30. The van der Waals surface area contributed by atoms with Crippen LogP contribution >= 0.6 is 0 Å². The second kappa shape index (κ2) is 9.50. The average Bonchev–Trinajstić information content (AvgIpc) is 3.25. The van der Waals surface area contributed by atoms with Crippen LogP contribution in [0.3, 0.4) is 0 Å². The van der Waals surface area contributed by atoms with E-state index >= 15 is 0 Å². The van der Waals surface area contributed by atoms with Crippen molar-refractivity contribution in [1.82, 2.24) is 14.8 Å². The first-order valence-corrected chi connectivity index (χ1v) is 13.3. The molecular formula is C27H37N4O4S+. The van der Waals surface area contributed by atoms with Crippen molar-refractivity contribution < 1.29 is 19.5 Å². The standard InChI is InChI=1S/C27H36N4O4S/c1-26(2,3)15-18-17-7-8-19(32)24(23(17)28-25(18)36-27(4,5)6)30-13-11-29(12-14-30)22(35)16-31-20(33)9-10-21(31)34/h7-10,28,32H,11-16H2,1-6H3/p+1. The summed E-state index contributed by atoms with van der Waals surface area (Å²) in [5, 5.41) is 13.2. The van der Waals surface area contributed by atoms with Crippen molar-refractivity contribution in [1.29, 1.82) is 0 Å². The summed E-state index contributed by atoms with van der Waals surface area (Å²) < 4.78 is 0.0787. The molecule has 8 nitrogen and oxygen atoms in total. The van der Waals surface area contributed by atoms with Crippen LogP contribution in [0.25, 0.3) is 10.9 Å². The molecule has 1 aromatic heterocycles. The van der Waals surface area contributed by atoms with E-state index < -0.39 is 11.8 Å². The molecule has 2 aromatic rings. The number of hydrogen-bond donors (Lipinski definition) is 2. The lowest BCUT2D eigenvalue weighted by molar-refractivity contribution is -0.144. The van der Waals surface area contributed by atoms with E-state index in [0.717, 1.165) is 27.9 Å². The number of phenolic OH excluding ortho intramolecular Hbond substituents is 1. The molecule has 2 aliphatic rings.